The van der Waals surface area contributed by atoms with Gasteiger partial charge in [-0.25, -0.2) is 0 Å². The largest absolute Gasteiger partial charge is 0.497 e. The Morgan fingerprint density at radius 2 is 1.35 bits per heavy atom. The van der Waals surface area contributed by atoms with Crippen molar-refractivity contribution < 1.29 is 14.2 Å². The molecule has 1 atom stereocenters. The summed E-state index contributed by atoms with van der Waals surface area (Å²) < 4.78 is 18.8. The molecule has 0 aromatic heterocycles. The first-order chi connectivity index (χ1) is 23.3. The second kappa shape index (κ2) is 12.9. The van der Waals surface area contributed by atoms with Crippen LogP contribution in [-0.4, -0.2) is 15.2 Å². The summed E-state index contributed by atoms with van der Waals surface area (Å²) in [5.74, 6) is 6.32. The van der Waals surface area contributed by atoms with Gasteiger partial charge in [0.1, 0.15) is 31.9 Å². The van der Waals surface area contributed by atoms with Crippen molar-refractivity contribution in [3.63, 3.8) is 0 Å². The summed E-state index contributed by atoms with van der Waals surface area (Å²) in [5, 5.41) is 0. The van der Waals surface area contributed by atoms with Crippen LogP contribution in [0.4, 0.5) is 0 Å². The van der Waals surface area contributed by atoms with Crippen LogP contribution >= 0.6 is 0 Å². The van der Waals surface area contributed by atoms with E-state index in [-0.39, 0.29) is 6.10 Å². The number of benzene rings is 5. The zero-order chi connectivity index (χ0) is 33.4. The smallest absolute Gasteiger partial charge is 0.151 e. The molecule has 3 nitrogen and oxygen atoms in total. The summed E-state index contributed by atoms with van der Waals surface area (Å²) in [5.41, 5.74) is 17.9. The topological polar surface area (TPSA) is 27.7 Å². The van der Waals surface area contributed by atoms with E-state index in [1.54, 1.807) is 7.11 Å². The molecule has 7 rings (SSSR count). The van der Waals surface area contributed by atoms with Crippen molar-refractivity contribution in [1.29, 1.82) is 0 Å². The van der Waals surface area contributed by atoms with E-state index in [2.05, 4.69) is 136 Å². The van der Waals surface area contributed by atoms with Crippen LogP contribution in [0.1, 0.15) is 66.2 Å². The van der Waals surface area contributed by atoms with Gasteiger partial charge in [0.25, 0.3) is 0 Å². The molecule has 0 N–H and O–H groups in total. The van der Waals surface area contributed by atoms with Crippen LogP contribution in [0.5, 0.6) is 17.2 Å². The normalized spacial score (nSPS) is 14.7. The van der Waals surface area contributed by atoms with Gasteiger partial charge in [-0.05, 0) is 87.7 Å². The summed E-state index contributed by atoms with van der Waals surface area (Å²) in [7, 11) is 0.00497. The maximum atomic E-state index is 7.02. The van der Waals surface area contributed by atoms with Gasteiger partial charge in [0, 0.05) is 22.3 Å². The number of fused-ring (bicyclic) bond motifs is 6. The molecule has 0 bridgehead atoms. The molecule has 0 amide bonds. The van der Waals surface area contributed by atoms with E-state index in [4.69, 9.17) is 14.2 Å². The van der Waals surface area contributed by atoms with Crippen LogP contribution in [0.3, 0.4) is 0 Å². The van der Waals surface area contributed by atoms with Crippen LogP contribution < -0.4 is 14.2 Å². The number of ether oxygens (including phenoxy) is 3. The van der Waals surface area contributed by atoms with Gasteiger partial charge in [-0.2, -0.15) is 0 Å². The van der Waals surface area contributed by atoms with Crippen molar-refractivity contribution in [1.82, 2.24) is 0 Å². The summed E-state index contributed by atoms with van der Waals surface area (Å²) in [6.45, 7) is 11.9. The first-order valence-electron chi connectivity index (χ1n) is 17.0. The average Bonchev–Trinajstić information content (AvgIpc) is 3.41. The lowest BCUT2D eigenvalue weighted by Gasteiger charge is -2.26. The molecule has 1 heterocycles. The molecule has 4 heteroatoms. The Hall–Kier alpha value is -4.98. The van der Waals surface area contributed by atoms with Crippen molar-refractivity contribution in [2.45, 2.75) is 59.0 Å². The van der Waals surface area contributed by atoms with Gasteiger partial charge >= 0.3 is 0 Å². The Kier molecular flexibility index (Phi) is 8.50. The quantitative estimate of drug-likeness (QED) is 0.100. The fourth-order valence-electron chi connectivity index (χ4n) is 7.07. The van der Waals surface area contributed by atoms with Gasteiger partial charge in [-0.1, -0.05) is 112 Å². The Balaban J connectivity index is 1.33. The van der Waals surface area contributed by atoms with E-state index < -0.39 is 8.07 Å². The molecular formula is C44H42O3Si. The van der Waals surface area contributed by atoms with Gasteiger partial charge in [0.05, 0.1) is 7.11 Å². The minimum atomic E-state index is -1.70. The molecule has 1 unspecified atom stereocenters. The van der Waals surface area contributed by atoms with Gasteiger partial charge in [0.15, 0.2) is 6.10 Å². The van der Waals surface area contributed by atoms with Crippen molar-refractivity contribution in [3.05, 3.63) is 137 Å². The highest BCUT2D eigenvalue weighted by atomic mass is 28.3. The van der Waals surface area contributed by atoms with E-state index in [1.807, 2.05) is 12.1 Å². The molecule has 1 aliphatic carbocycles. The summed E-state index contributed by atoms with van der Waals surface area (Å²) in [6.07, 6.45) is 1.59. The maximum Gasteiger partial charge on any atom is 0.151 e. The maximum absolute atomic E-state index is 7.02. The first-order valence-corrected chi connectivity index (χ1v) is 20.5. The summed E-state index contributed by atoms with van der Waals surface area (Å²) in [4.78, 5) is 0. The van der Waals surface area contributed by atoms with Crippen LogP contribution in [0.15, 0.2) is 103 Å². The van der Waals surface area contributed by atoms with E-state index >= 15 is 0 Å². The highest BCUT2D eigenvalue weighted by molar-refractivity contribution is 6.83. The zero-order valence-electron chi connectivity index (χ0n) is 28.7. The third-order valence-corrected chi connectivity index (χ3v) is 10.2. The van der Waals surface area contributed by atoms with E-state index in [0.29, 0.717) is 6.61 Å². The van der Waals surface area contributed by atoms with Crippen molar-refractivity contribution in [2.75, 3.05) is 7.11 Å². The number of rotatable bonds is 7. The fraction of sp³-hybridized carbons (Fsp3) is 0.227. The molecule has 0 saturated heterocycles. The Morgan fingerprint density at radius 1 is 0.750 bits per heavy atom. The van der Waals surface area contributed by atoms with Crippen molar-refractivity contribution in [3.8, 4) is 51.0 Å². The average molecular weight is 647 g/mol. The number of allylic oxidation sites excluding steroid dienone is 2. The molecule has 5 aromatic carbocycles. The number of hydrogen-bond acceptors (Lipinski definition) is 3. The molecule has 1 aliphatic heterocycles. The van der Waals surface area contributed by atoms with Gasteiger partial charge < -0.3 is 14.2 Å². The predicted octanol–water partition coefficient (Wildman–Crippen LogP) is 11.4. The minimum Gasteiger partial charge on any atom is -0.497 e. The van der Waals surface area contributed by atoms with Gasteiger partial charge in [-0.15, -0.1) is 5.54 Å². The zero-order valence-corrected chi connectivity index (χ0v) is 29.7. The molecule has 2 aliphatic rings. The first kappa shape index (κ1) is 31.6. The summed E-state index contributed by atoms with van der Waals surface area (Å²) >= 11 is 0. The van der Waals surface area contributed by atoms with E-state index in [0.717, 1.165) is 57.9 Å². The Labute approximate surface area is 286 Å². The third-order valence-electron chi connectivity index (χ3n) is 9.33. The standard InChI is InChI=1S/C44H42O3Si/c1-7-34(29-17-21-32(45-3)22-18-29)35(8-2)30-19-23-33(24-20-30)47-44-38-16-12-11-15-37(38)40-27-41-42(36-14-10-9-13-31(36)28-46-41)39(43(40)44)25-26-48(4,5)6/h9-24,27,44H,7-8,28H2,1-6H3/b35-34+. The molecular weight excluding hydrogens is 605 g/mol. The molecule has 0 radical (unpaired) electrons. The highest BCUT2D eigenvalue weighted by Crippen LogP contribution is 2.53. The minimum absolute atomic E-state index is 0.293. The van der Waals surface area contributed by atoms with Crippen LogP contribution in [0, 0.1) is 11.5 Å². The number of methoxy groups -OCH3 is 1. The second-order valence-corrected chi connectivity index (χ2v) is 18.3. The highest BCUT2D eigenvalue weighted by Gasteiger charge is 2.36. The van der Waals surface area contributed by atoms with Crippen LogP contribution in [0.2, 0.25) is 19.6 Å². The summed E-state index contributed by atoms with van der Waals surface area (Å²) in [6, 6.07) is 36.4. The SMILES string of the molecule is CC/C(=C(/CC)c1ccc(OC2c3ccccc3-c3cc4c(c(C#C[Si](C)(C)C)c32)-c2ccccc2CO4)cc1)c1ccc(OC)cc1. The predicted molar refractivity (Wildman–Crippen MR) is 201 cm³/mol. The monoisotopic (exact) mass is 646 g/mol. The lowest BCUT2D eigenvalue weighted by molar-refractivity contribution is 0.251. The molecule has 0 fully saturated rings. The van der Waals surface area contributed by atoms with E-state index in [1.165, 1.54) is 39.0 Å². The van der Waals surface area contributed by atoms with Crippen LogP contribution in [0.25, 0.3) is 33.4 Å². The van der Waals surface area contributed by atoms with E-state index in [9.17, 15) is 0 Å². The lowest BCUT2D eigenvalue weighted by atomic mass is 9.87. The lowest BCUT2D eigenvalue weighted by Crippen LogP contribution is -2.17. The third kappa shape index (κ3) is 5.84. The Morgan fingerprint density at radius 3 is 1.98 bits per heavy atom. The molecule has 240 valence electrons. The van der Waals surface area contributed by atoms with Gasteiger partial charge in [0.2, 0.25) is 0 Å². The van der Waals surface area contributed by atoms with Crippen molar-refractivity contribution >= 4 is 19.2 Å². The molecule has 0 spiro atoms. The molecule has 48 heavy (non-hydrogen) atoms. The van der Waals surface area contributed by atoms with Gasteiger partial charge in [-0.3, -0.25) is 0 Å². The molecule has 5 aromatic rings. The van der Waals surface area contributed by atoms with Crippen LogP contribution in [-0.2, 0) is 6.61 Å². The molecule has 0 saturated carbocycles. The fourth-order valence-corrected chi connectivity index (χ4v) is 7.57. The Bertz CT molecular complexity index is 2090. The second-order valence-electron chi connectivity index (χ2n) is 13.5. The van der Waals surface area contributed by atoms with Crippen molar-refractivity contribution in [2.24, 2.45) is 0 Å². The number of hydrogen-bond donors (Lipinski definition) is 0.